The quantitative estimate of drug-likeness (QED) is 0.344. The van der Waals surface area contributed by atoms with E-state index in [9.17, 15) is 4.79 Å². The molecule has 2 N–H and O–H groups in total. The highest BCUT2D eigenvalue weighted by molar-refractivity contribution is 7.99. The molecule has 0 spiro atoms. The third-order valence-corrected chi connectivity index (χ3v) is 4.94. The normalized spacial score (nSPS) is 11.6. The van der Waals surface area contributed by atoms with E-state index in [4.69, 9.17) is 4.74 Å². The van der Waals surface area contributed by atoms with Crippen LogP contribution in [0.25, 0.3) is 22.1 Å². The fourth-order valence-corrected chi connectivity index (χ4v) is 3.22. The standard InChI is InChI=1S/C20H21N5O2S/c1-5-7-15(12(3)27-4)21-17(26)11-28-20-23-19-18(24-25-20)14-10-13(6-2)8-9-16(14)22-19/h5,7-10H,1,3,6,11H2,2,4H3,(H,21,26)(H,22,23,25)/b15-7+. The SMILES string of the molecule is C=C/C=C(/NC(=O)CSc1nnc2c(n1)[nH]c1ccc(CC)cc12)C(=C)OC. The highest BCUT2D eigenvalue weighted by Gasteiger charge is 2.13. The number of methoxy groups -OCH3 is 1. The van der Waals surface area contributed by atoms with E-state index in [2.05, 4.69) is 57.7 Å². The number of aromatic amines is 1. The zero-order valence-corrected chi connectivity index (χ0v) is 16.6. The fraction of sp³-hybridized carbons (Fsp3) is 0.200. The molecule has 8 heteroatoms. The molecule has 1 aromatic carbocycles. The van der Waals surface area contributed by atoms with Gasteiger partial charge in [-0.3, -0.25) is 4.79 Å². The number of nitrogens with one attached hydrogen (secondary N) is 2. The van der Waals surface area contributed by atoms with Crippen LogP contribution in [0.2, 0.25) is 0 Å². The molecule has 0 saturated carbocycles. The molecule has 3 rings (SSSR count). The molecule has 28 heavy (non-hydrogen) atoms. The molecule has 0 aliphatic carbocycles. The lowest BCUT2D eigenvalue weighted by atomic mass is 10.1. The second kappa shape index (κ2) is 8.71. The van der Waals surface area contributed by atoms with Crippen molar-refractivity contribution in [1.29, 1.82) is 0 Å². The van der Waals surface area contributed by atoms with Gasteiger partial charge in [-0.2, -0.15) is 0 Å². The van der Waals surface area contributed by atoms with Crippen molar-refractivity contribution in [3.63, 3.8) is 0 Å². The molecule has 0 saturated heterocycles. The van der Waals surface area contributed by atoms with E-state index in [1.807, 2.05) is 6.07 Å². The van der Waals surface area contributed by atoms with Crippen LogP contribution in [0.3, 0.4) is 0 Å². The number of aromatic nitrogens is 4. The Morgan fingerprint density at radius 2 is 2.21 bits per heavy atom. The van der Waals surface area contributed by atoms with Crippen LogP contribution in [-0.2, 0) is 16.0 Å². The number of hydrogen-bond donors (Lipinski definition) is 2. The summed E-state index contributed by atoms with van der Waals surface area (Å²) in [6.45, 7) is 9.45. The molecule has 144 valence electrons. The predicted molar refractivity (Wildman–Crippen MR) is 112 cm³/mol. The summed E-state index contributed by atoms with van der Waals surface area (Å²) in [4.78, 5) is 19.9. The summed E-state index contributed by atoms with van der Waals surface area (Å²) in [5.41, 5.74) is 4.03. The predicted octanol–water partition coefficient (Wildman–Crippen LogP) is 3.51. The van der Waals surface area contributed by atoms with Crippen molar-refractivity contribution in [3.8, 4) is 0 Å². The number of hydrogen-bond acceptors (Lipinski definition) is 6. The van der Waals surface area contributed by atoms with Crippen molar-refractivity contribution in [3.05, 3.63) is 60.5 Å². The average Bonchev–Trinajstić information content (AvgIpc) is 3.08. The lowest BCUT2D eigenvalue weighted by Gasteiger charge is -2.10. The van der Waals surface area contributed by atoms with Crippen LogP contribution in [-0.4, -0.2) is 38.9 Å². The third-order valence-electron chi connectivity index (χ3n) is 4.11. The first kappa shape index (κ1) is 19.6. The Morgan fingerprint density at radius 3 is 2.93 bits per heavy atom. The first-order valence-electron chi connectivity index (χ1n) is 8.69. The summed E-state index contributed by atoms with van der Waals surface area (Å²) in [5.74, 6) is 0.241. The highest BCUT2D eigenvalue weighted by Crippen LogP contribution is 2.24. The maximum Gasteiger partial charge on any atom is 0.234 e. The number of H-pyrrole nitrogens is 1. The largest absolute Gasteiger partial charge is 0.495 e. The second-order valence-electron chi connectivity index (χ2n) is 5.93. The number of rotatable bonds is 8. The molecule has 0 radical (unpaired) electrons. The number of carbonyl (C=O) groups excluding carboxylic acids is 1. The van der Waals surface area contributed by atoms with Crippen molar-refractivity contribution < 1.29 is 9.53 Å². The van der Waals surface area contributed by atoms with Gasteiger partial charge in [-0.25, -0.2) is 4.98 Å². The number of amides is 1. The van der Waals surface area contributed by atoms with Crippen LogP contribution >= 0.6 is 11.8 Å². The van der Waals surface area contributed by atoms with Crippen molar-refractivity contribution >= 4 is 39.7 Å². The van der Waals surface area contributed by atoms with Crippen LogP contribution in [0.5, 0.6) is 0 Å². The minimum atomic E-state index is -0.232. The van der Waals surface area contributed by atoms with Gasteiger partial charge in [0, 0.05) is 10.9 Å². The number of fused-ring (bicyclic) bond motifs is 3. The molecule has 1 amide bonds. The van der Waals surface area contributed by atoms with Gasteiger partial charge in [0.2, 0.25) is 11.1 Å². The fourth-order valence-electron chi connectivity index (χ4n) is 2.63. The molecule has 3 aromatic rings. The molecule has 0 aliphatic rings. The number of aryl methyl sites for hydroxylation is 1. The minimum absolute atomic E-state index is 0.124. The number of ether oxygens (including phenoxy) is 1. The lowest BCUT2D eigenvalue weighted by Crippen LogP contribution is -2.25. The van der Waals surface area contributed by atoms with Crippen molar-refractivity contribution in [1.82, 2.24) is 25.5 Å². The molecular weight excluding hydrogens is 374 g/mol. The summed E-state index contributed by atoms with van der Waals surface area (Å²) < 4.78 is 5.05. The Labute approximate surface area is 167 Å². The van der Waals surface area contributed by atoms with Crippen molar-refractivity contribution in [2.75, 3.05) is 12.9 Å². The molecule has 2 aromatic heterocycles. The van der Waals surface area contributed by atoms with E-state index in [1.165, 1.54) is 24.4 Å². The Balaban J connectivity index is 1.73. The van der Waals surface area contributed by atoms with E-state index in [-0.39, 0.29) is 11.7 Å². The van der Waals surface area contributed by atoms with E-state index in [1.54, 1.807) is 12.2 Å². The van der Waals surface area contributed by atoms with Crippen molar-refractivity contribution in [2.45, 2.75) is 18.5 Å². The Bertz CT molecular complexity index is 1090. The summed E-state index contributed by atoms with van der Waals surface area (Å²) >= 11 is 1.20. The first-order valence-corrected chi connectivity index (χ1v) is 9.68. The van der Waals surface area contributed by atoms with Gasteiger partial charge >= 0.3 is 0 Å². The molecule has 0 aliphatic heterocycles. The van der Waals surface area contributed by atoms with Crippen molar-refractivity contribution in [2.24, 2.45) is 0 Å². The molecule has 7 nitrogen and oxygen atoms in total. The molecule has 0 unspecified atom stereocenters. The topological polar surface area (TPSA) is 92.8 Å². The van der Waals surface area contributed by atoms with Crippen LogP contribution in [0.1, 0.15) is 12.5 Å². The van der Waals surface area contributed by atoms with E-state index >= 15 is 0 Å². The maximum atomic E-state index is 12.2. The van der Waals surface area contributed by atoms with Gasteiger partial charge in [-0.1, -0.05) is 44.0 Å². The molecule has 0 atom stereocenters. The monoisotopic (exact) mass is 395 g/mol. The summed E-state index contributed by atoms with van der Waals surface area (Å²) in [6.07, 6.45) is 4.12. The number of thioether (sulfide) groups is 1. The lowest BCUT2D eigenvalue weighted by molar-refractivity contribution is -0.117. The van der Waals surface area contributed by atoms with E-state index in [0.717, 1.165) is 22.8 Å². The molecule has 0 fully saturated rings. The summed E-state index contributed by atoms with van der Waals surface area (Å²) in [6, 6.07) is 6.20. The van der Waals surface area contributed by atoms with Gasteiger partial charge in [-0.15, -0.1) is 10.2 Å². The Hall–Kier alpha value is -3.13. The zero-order valence-electron chi connectivity index (χ0n) is 15.8. The molecular formula is C20H21N5O2S. The third kappa shape index (κ3) is 4.23. The number of carbonyl (C=O) groups is 1. The zero-order chi connectivity index (χ0) is 20.1. The summed E-state index contributed by atoms with van der Waals surface area (Å²) in [5, 5.41) is 12.6. The van der Waals surface area contributed by atoms with Crippen LogP contribution in [0, 0.1) is 0 Å². The van der Waals surface area contributed by atoms with Gasteiger partial charge in [-0.05, 0) is 30.2 Å². The Morgan fingerprint density at radius 1 is 1.39 bits per heavy atom. The van der Waals surface area contributed by atoms with Crippen LogP contribution in [0.15, 0.2) is 60.1 Å². The van der Waals surface area contributed by atoms with E-state index in [0.29, 0.717) is 22.3 Å². The maximum absolute atomic E-state index is 12.2. The van der Waals surface area contributed by atoms with Gasteiger partial charge in [0.25, 0.3) is 0 Å². The smallest absolute Gasteiger partial charge is 0.234 e. The highest BCUT2D eigenvalue weighted by atomic mass is 32.2. The summed E-state index contributed by atoms with van der Waals surface area (Å²) in [7, 11) is 1.48. The second-order valence-corrected chi connectivity index (χ2v) is 6.87. The number of nitrogens with zero attached hydrogens (tertiary/aromatic N) is 3. The number of allylic oxidation sites excluding steroid dienone is 2. The molecule has 0 bridgehead atoms. The van der Waals surface area contributed by atoms with Gasteiger partial charge in [0.1, 0.15) is 11.3 Å². The molecule has 2 heterocycles. The van der Waals surface area contributed by atoms with Crippen LogP contribution in [0.4, 0.5) is 0 Å². The van der Waals surface area contributed by atoms with Crippen LogP contribution < -0.4 is 5.32 Å². The van der Waals surface area contributed by atoms with Gasteiger partial charge in [0.15, 0.2) is 5.65 Å². The van der Waals surface area contributed by atoms with Gasteiger partial charge < -0.3 is 15.0 Å². The van der Waals surface area contributed by atoms with Gasteiger partial charge in [0.05, 0.1) is 18.6 Å². The average molecular weight is 395 g/mol. The number of benzene rings is 1. The first-order chi connectivity index (χ1) is 13.5. The minimum Gasteiger partial charge on any atom is -0.495 e. The Kier molecular flexibility index (Phi) is 6.10. The van der Waals surface area contributed by atoms with E-state index < -0.39 is 0 Å².